The molecular weight excluding hydrogens is 399 g/mol. The van der Waals surface area contributed by atoms with E-state index in [1.54, 1.807) is 24.3 Å². The molecule has 0 atom stereocenters. The van der Waals surface area contributed by atoms with Gasteiger partial charge < -0.3 is 0 Å². The molecule has 0 saturated heterocycles. The lowest BCUT2D eigenvalue weighted by atomic mass is 10.1. The van der Waals surface area contributed by atoms with Gasteiger partial charge >= 0.3 is 0 Å². The number of benzene rings is 1. The van der Waals surface area contributed by atoms with Crippen LogP contribution < -0.4 is 5.32 Å². The van der Waals surface area contributed by atoms with E-state index in [-0.39, 0.29) is 11.7 Å². The SMILES string of the molecule is O=C1c2ccccc2C(=O)N1Cc1nnc(NC(=O)C(Cl)(Cl)Cl)s1. The van der Waals surface area contributed by atoms with Crippen molar-refractivity contribution >= 4 is 69.0 Å². The van der Waals surface area contributed by atoms with Gasteiger partial charge in [-0.25, -0.2) is 0 Å². The highest BCUT2D eigenvalue weighted by atomic mass is 35.6. The molecule has 0 aliphatic carbocycles. The third-order valence-electron chi connectivity index (χ3n) is 3.12. The Morgan fingerprint density at radius 1 is 1.12 bits per heavy atom. The Hall–Kier alpha value is -1.74. The number of amides is 3. The van der Waals surface area contributed by atoms with Crippen LogP contribution in [0.4, 0.5) is 5.13 Å². The summed E-state index contributed by atoms with van der Waals surface area (Å²) in [5.41, 5.74) is 0.688. The lowest BCUT2D eigenvalue weighted by Crippen LogP contribution is -2.29. The van der Waals surface area contributed by atoms with E-state index in [0.29, 0.717) is 16.1 Å². The molecule has 1 aliphatic rings. The quantitative estimate of drug-likeness (QED) is 0.626. The summed E-state index contributed by atoms with van der Waals surface area (Å²) in [5.74, 6) is -1.69. The first-order valence-electron chi connectivity index (χ1n) is 6.43. The largest absolute Gasteiger partial charge is 0.297 e. The van der Waals surface area contributed by atoms with Crippen molar-refractivity contribution in [3.05, 3.63) is 40.4 Å². The maximum absolute atomic E-state index is 12.3. The molecule has 0 saturated carbocycles. The summed E-state index contributed by atoms with van der Waals surface area (Å²) in [6.07, 6.45) is 0. The normalized spacial score (nSPS) is 14.0. The van der Waals surface area contributed by atoms with Crippen LogP contribution in [-0.4, -0.2) is 36.6 Å². The summed E-state index contributed by atoms with van der Waals surface area (Å²) in [6, 6.07) is 6.54. The van der Waals surface area contributed by atoms with Crippen molar-refractivity contribution < 1.29 is 14.4 Å². The van der Waals surface area contributed by atoms with Gasteiger partial charge in [-0.05, 0) is 12.1 Å². The lowest BCUT2D eigenvalue weighted by Gasteiger charge is -2.10. The smallest absolute Gasteiger partial charge is 0.278 e. The zero-order valence-electron chi connectivity index (χ0n) is 11.6. The fraction of sp³-hybridized carbons (Fsp3) is 0.154. The topological polar surface area (TPSA) is 92.3 Å². The molecule has 124 valence electrons. The first-order valence-corrected chi connectivity index (χ1v) is 8.38. The molecule has 24 heavy (non-hydrogen) atoms. The number of carbonyl (C=O) groups excluding carboxylic acids is 3. The fourth-order valence-corrected chi connectivity index (χ4v) is 2.92. The second kappa shape index (κ2) is 6.29. The molecule has 1 N–H and O–H groups in total. The van der Waals surface area contributed by atoms with Crippen LogP contribution in [0.3, 0.4) is 0 Å². The standard InChI is InChI=1S/C13H7Cl3N4O3S/c14-13(15,16)11(23)17-12-19-18-8(24-12)5-20-9(21)6-3-1-2-4-7(6)10(20)22/h1-4H,5H2,(H,17,19,23). The van der Waals surface area contributed by atoms with Gasteiger partial charge in [0, 0.05) is 0 Å². The summed E-state index contributed by atoms with van der Waals surface area (Å²) < 4.78 is -2.13. The highest BCUT2D eigenvalue weighted by molar-refractivity contribution is 7.15. The van der Waals surface area contributed by atoms with Gasteiger partial charge in [0.2, 0.25) is 5.13 Å². The molecule has 7 nitrogen and oxygen atoms in total. The number of imide groups is 1. The molecule has 2 aromatic rings. The van der Waals surface area contributed by atoms with Crippen LogP contribution in [0.5, 0.6) is 0 Å². The van der Waals surface area contributed by atoms with E-state index in [0.717, 1.165) is 16.2 Å². The first-order chi connectivity index (χ1) is 11.3. The van der Waals surface area contributed by atoms with Gasteiger partial charge in [0.15, 0.2) is 0 Å². The van der Waals surface area contributed by atoms with Crippen molar-refractivity contribution in [3.63, 3.8) is 0 Å². The molecule has 2 heterocycles. The molecule has 1 aromatic carbocycles. The molecule has 0 fully saturated rings. The van der Waals surface area contributed by atoms with Gasteiger partial charge in [0.05, 0.1) is 17.7 Å². The third kappa shape index (κ3) is 3.23. The van der Waals surface area contributed by atoms with Gasteiger partial charge in [-0.3, -0.25) is 24.6 Å². The van der Waals surface area contributed by atoms with Crippen LogP contribution in [-0.2, 0) is 11.3 Å². The van der Waals surface area contributed by atoms with Crippen LogP contribution in [0.15, 0.2) is 24.3 Å². The second-order valence-electron chi connectivity index (χ2n) is 4.69. The number of halogens is 3. The van der Waals surface area contributed by atoms with Crippen molar-refractivity contribution in [2.24, 2.45) is 0 Å². The number of anilines is 1. The van der Waals surface area contributed by atoms with Crippen molar-refractivity contribution in [1.29, 1.82) is 0 Å². The Morgan fingerprint density at radius 2 is 1.71 bits per heavy atom. The molecule has 11 heteroatoms. The van der Waals surface area contributed by atoms with Gasteiger partial charge in [-0.2, -0.15) is 0 Å². The Kier molecular flexibility index (Phi) is 4.48. The van der Waals surface area contributed by atoms with Crippen molar-refractivity contribution in [3.8, 4) is 0 Å². The number of fused-ring (bicyclic) bond motifs is 1. The van der Waals surface area contributed by atoms with E-state index < -0.39 is 21.5 Å². The maximum atomic E-state index is 12.3. The Balaban J connectivity index is 1.74. The molecule has 0 radical (unpaired) electrons. The molecule has 0 spiro atoms. The van der Waals surface area contributed by atoms with E-state index in [2.05, 4.69) is 15.5 Å². The van der Waals surface area contributed by atoms with Gasteiger partial charge in [0.1, 0.15) is 5.01 Å². The summed E-state index contributed by atoms with van der Waals surface area (Å²) in [7, 11) is 0. The Morgan fingerprint density at radius 3 is 2.25 bits per heavy atom. The van der Waals surface area contributed by atoms with Gasteiger partial charge in [0.25, 0.3) is 21.5 Å². The predicted octanol–water partition coefficient (Wildman–Crippen LogP) is 2.64. The van der Waals surface area contributed by atoms with E-state index in [4.69, 9.17) is 34.8 Å². The molecule has 1 aliphatic heterocycles. The van der Waals surface area contributed by atoms with Gasteiger partial charge in [-0.15, -0.1) is 10.2 Å². The van der Waals surface area contributed by atoms with E-state index in [1.807, 2.05) is 0 Å². The first kappa shape index (κ1) is 17.1. The van der Waals surface area contributed by atoms with Crippen molar-refractivity contribution in [2.45, 2.75) is 10.3 Å². The van der Waals surface area contributed by atoms with Crippen molar-refractivity contribution in [2.75, 3.05) is 5.32 Å². The Labute approximate surface area is 154 Å². The fourth-order valence-electron chi connectivity index (χ4n) is 2.05. The minimum absolute atomic E-state index is 0.0619. The number of rotatable bonds is 3. The monoisotopic (exact) mass is 404 g/mol. The summed E-state index contributed by atoms with van der Waals surface area (Å²) >= 11 is 17.3. The van der Waals surface area contributed by atoms with E-state index in [9.17, 15) is 14.4 Å². The van der Waals surface area contributed by atoms with Crippen molar-refractivity contribution in [1.82, 2.24) is 15.1 Å². The number of nitrogens with one attached hydrogen (secondary N) is 1. The minimum Gasteiger partial charge on any atom is -0.297 e. The Bertz CT molecular complexity index is 814. The van der Waals surface area contributed by atoms with Crippen LogP contribution in [0.1, 0.15) is 25.7 Å². The number of aromatic nitrogens is 2. The third-order valence-corrected chi connectivity index (χ3v) is 4.45. The summed E-state index contributed by atoms with van der Waals surface area (Å²) in [4.78, 5) is 37.1. The van der Waals surface area contributed by atoms with E-state index >= 15 is 0 Å². The number of hydrogen-bond donors (Lipinski definition) is 1. The summed E-state index contributed by atoms with van der Waals surface area (Å²) in [6.45, 7) is -0.0619. The number of carbonyl (C=O) groups is 3. The highest BCUT2D eigenvalue weighted by Crippen LogP contribution is 2.29. The summed E-state index contributed by atoms with van der Waals surface area (Å²) in [5, 5.41) is 10.3. The van der Waals surface area contributed by atoms with Crippen LogP contribution in [0.25, 0.3) is 0 Å². The minimum atomic E-state index is -2.13. The number of nitrogens with zero attached hydrogens (tertiary/aromatic N) is 3. The molecular formula is C13H7Cl3N4O3S. The molecule has 1 aromatic heterocycles. The van der Waals surface area contributed by atoms with Crippen LogP contribution in [0.2, 0.25) is 0 Å². The average Bonchev–Trinajstić information content (AvgIpc) is 3.06. The molecule has 0 bridgehead atoms. The maximum Gasteiger partial charge on any atom is 0.278 e. The average molecular weight is 406 g/mol. The number of hydrogen-bond acceptors (Lipinski definition) is 6. The van der Waals surface area contributed by atoms with Crippen LogP contribution in [0, 0.1) is 0 Å². The molecule has 0 unspecified atom stereocenters. The van der Waals surface area contributed by atoms with Crippen LogP contribution >= 0.6 is 46.1 Å². The highest BCUT2D eigenvalue weighted by Gasteiger charge is 2.36. The second-order valence-corrected chi connectivity index (χ2v) is 8.04. The van der Waals surface area contributed by atoms with E-state index in [1.165, 1.54) is 0 Å². The number of alkyl halides is 3. The predicted molar refractivity (Wildman–Crippen MR) is 89.5 cm³/mol. The lowest BCUT2D eigenvalue weighted by molar-refractivity contribution is -0.115. The molecule has 3 rings (SSSR count). The molecule has 3 amide bonds. The zero-order chi connectivity index (χ0) is 17.5. The van der Waals surface area contributed by atoms with Gasteiger partial charge in [-0.1, -0.05) is 58.3 Å². The zero-order valence-corrected chi connectivity index (χ0v) is 14.7.